The van der Waals surface area contributed by atoms with Gasteiger partial charge in [-0.1, -0.05) is 0 Å². The molecule has 0 unspecified atom stereocenters. The monoisotopic (exact) mass is 458 g/mol. The molecule has 15 heteroatoms. The highest BCUT2D eigenvalue weighted by Gasteiger charge is 2.19. The van der Waals surface area contributed by atoms with Crippen molar-refractivity contribution in [3.63, 3.8) is 0 Å². The van der Waals surface area contributed by atoms with E-state index in [0.717, 1.165) is 0 Å². The molecule has 27 heavy (non-hydrogen) atoms. The van der Waals surface area contributed by atoms with Crippen LogP contribution in [0.25, 0.3) is 0 Å². The zero-order chi connectivity index (χ0) is 20.2. The topological polar surface area (TPSA) is 158 Å². The van der Waals surface area contributed by atoms with Crippen molar-refractivity contribution in [1.82, 2.24) is 15.0 Å². The normalized spacial score (nSPS) is 12.0. The molecule has 0 saturated carbocycles. The number of aromatic nitrogens is 3. The van der Waals surface area contributed by atoms with Gasteiger partial charge in [-0.3, -0.25) is 4.55 Å². The second-order valence-corrected chi connectivity index (χ2v) is 8.63. The first-order valence-corrected chi connectivity index (χ1v) is 10.6. The van der Waals surface area contributed by atoms with Crippen molar-refractivity contribution in [1.29, 1.82) is 0 Å². The number of rotatable bonds is 8. The second kappa shape index (κ2) is 8.50. The van der Waals surface area contributed by atoms with Gasteiger partial charge in [-0.15, -0.1) is 0 Å². The zero-order valence-electron chi connectivity index (χ0n) is 13.5. The minimum atomic E-state index is -4.74. The van der Waals surface area contributed by atoms with Crippen molar-refractivity contribution < 1.29 is 30.3 Å². The van der Waals surface area contributed by atoms with E-state index in [1.165, 1.54) is 25.3 Å². The first-order chi connectivity index (χ1) is 12.5. The molecule has 0 aliphatic heterocycles. The van der Waals surface area contributed by atoms with Crippen LogP contribution in [0.2, 0.25) is 10.6 Å². The first kappa shape index (κ1) is 21.5. The number of anilines is 2. The van der Waals surface area contributed by atoms with Crippen LogP contribution in [0.3, 0.4) is 0 Å². The van der Waals surface area contributed by atoms with E-state index in [9.17, 15) is 16.8 Å². The van der Waals surface area contributed by atoms with Crippen molar-refractivity contribution in [3.8, 4) is 5.75 Å². The van der Waals surface area contributed by atoms with Crippen molar-refractivity contribution >= 4 is 55.1 Å². The van der Waals surface area contributed by atoms with Crippen LogP contribution < -0.4 is 10.1 Å². The highest BCUT2D eigenvalue weighted by Crippen LogP contribution is 2.30. The van der Waals surface area contributed by atoms with Gasteiger partial charge in [0.15, 0.2) is 9.84 Å². The van der Waals surface area contributed by atoms with Gasteiger partial charge in [0.2, 0.25) is 16.5 Å². The fraction of sp³-hybridized carbons (Fsp3) is 0.250. The van der Waals surface area contributed by atoms with Crippen LogP contribution in [0.5, 0.6) is 5.75 Å². The largest absolute Gasteiger partial charge is 0.495 e. The van der Waals surface area contributed by atoms with Gasteiger partial charge >= 0.3 is 10.4 Å². The summed E-state index contributed by atoms with van der Waals surface area (Å²) in [5.74, 6) is -0.486. The SMILES string of the molecule is COc1ccc(S(=O)(=O)CCOS(=O)(=O)O)cc1Nc1nc(Cl)nc(Cl)n1. The van der Waals surface area contributed by atoms with E-state index in [2.05, 4.69) is 24.5 Å². The Balaban J connectivity index is 2.31. The Bertz CT molecular complexity index is 1030. The van der Waals surface area contributed by atoms with Crippen LogP contribution in [0.1, 0.15) is 0 Å². The first-order valence-electron chi connectivity index (χ1n) is 6.87. The Labute approximate surface area is 164 Å². The number of sulfone groups is 1. The van der Waals surface area contributed by atoms with Gasteiger partial charge in [0.25, 0.3) is 0 Å². The molecule has 0 bridgehead atoms. The molecule has 0 aliphatic rings. The Morgan fingerprint density at radius 2 is 1.74 bits per heavy atom. The third-order valence-electron chi connectivity index (χ3n) is 2.94. The molecule has 0 spiro atoms. The summed E-state index contributed by atoms with van der Waals surface area (Å²) in [6.45, 7) is -0.755. The molecule has 2 aromatic rings. The molecule has 1 aromatic carbocycles. The minimum Gasteiger partial charge on any atom is -0.495 e. The van der Waals surface area contributed by atoms with Crippen LogP contribution in [0, 0.1) is 0 Å². The fourth-order valence-corrected chi connectivity index (χ4v) is 3.72. The lowest BCUT2D eigenvalue weighted by Gasteiger charge is -2.12. The molecule has 1 heterocycles. The molecule has 0 atom stereocenters. The van der Waals surface area contributed by atoms with E-state index in [0.29, 0.717) is 0 Å². The standard InChI is InChI=1S/C12H12Cl2N4O7S2/c1-24-9-3-2-7(26(19,20)5-4-25-27(21,22)23)6-8(9)15-12-17-10(13)16-11(14)18-12/h2-3,6H,4-5H2,1H3,(H,21,22,23)(H,15,16,17,18). The Morgan fingerprint density at radius 3 is 2.30 bits per heavy atom. The number of nitrogens with one attached hydrogen (secondary N) is 1. The Hall–Kier alpha value is -1.77. The summed E-state index contributed by atoms with van der Waals surface area (Å²) in [5.41, 5.74) is 0.174. The van der Waals surface area contributed by atoms with Crippen molar-refractivity contribution in [2.45, 2.75) is 4.90 Å². The number of methoxy groups -OCH3 is 1. The van der Waals surface area contributed by atoms with E-state index in [1.807, 2.05) is 0 Å². The summed E-state index contributed by atoms with van der Waals surface area (Å²) < 4.78 is 63.4. The molecule has 2 rings (SSSR count). The number of hydrogen-bond donors (Lipinski definition) is 2. The molecule has 0 radical (unpaired) electrons. The van der Waals surface area contributed by atoms with Crippen molar-refractivity contribution in [2.24, 2.45) is 0 Å². The quantitative estimate of drug-likeness (QED) is 0.552. The molecule has 0 fully saturated rings. The van der Waals surface area contributed by atoms with Gasteiger partial charge in [-0.05, 0) is 41.4 Å². The summed E-state index contributed by atoms with van der Waals surface area (Å²) in [4.78, 5) is 11.0. The van der Waals surface area contributed by atoms with Gasteiger partial charge in [-0.2, -0.15) is 23.4 Å². The molecule has 2 N–H and O–H groups in total. The Kier molecular flexibility index (Phi) is 6.77. The molecule has 148 valence electrons. The molecule has 0 aliphatic carbocycles. The maximum atomic E-state index is 12.3. The van der Waals surface area contributed by atoms with Crippen LogP contribution in [-0.2, 0) is 24.4 Å². The van der Waals surface area contributed by atoms with Crippen LogP contribution >= 0.6 is 23.2 Å². The van der Waals surface area contributed by atoms with E-state index in [4.69, 9.17) is 32.5 Å². The predicted molar refractivity (Wildman–Crippen MR) is 95.7 cm³/mol. The molecule has 0 saturated heterocycles. The minimum absolute atomic E-state index is 0.0532. The summed E-state index contributed by atoms with van der Waals surface area (Å²) >= 11 is 11.4. The van der Waals surface area contributed by atoms with Gasteiger partial charge in [0, 0.05) is 0 Å². The van der Waals surface area contributed by atoms with Gasteiger partial charge < -0.3 is 10.1 Å². The maximum absolute atomic E-state index is 12.3. The van der Waals surface area contributed by atoms with Crippen molar-refractivity contribution in [2.75, 3.05) is 24.8 Å². The summed E-state index contributed by atoms with van der Waals surface area (Å²) in [5, 5.41) is 2.35. The maximum Gasteiger partial charge on any atom is 0.397 e. The molecular weight excluding hydrogens is 447 g/mol. The van der Waals surface area contributed by atoms with E-state index in [-0.39, 0.29) is 32.8 Å². The van der Waals surface area contributed by atoms with Gasteiger partial charge in [0.1, 0.15) is 5.75 Å². The number of ether oxygens (including phenoxy) is 1. The summed E-state index contributed by atoms with van der Waals surface area (Å²) in [7, 11) is -7.32. The zero-order valence-corrected chi connectivity index (χ0v) is 16.6. The number of hydrogen-bond acceptors (Lipinski definition) is 10. The van der Waals surface area contributed by atoms with E-state index >= 15 is 0 Å². The molecular formula is C12H12Cl2N4O7S2. The third kappa shape index (κ3) is 6.41. The third-order valence-corrected chi connectivity index (χ3v) is 5.42. The van der Waals surface area contributed by atoms with Gasteiger partial charge in [-0.25, -0.2) is 12.6 Å². The summed E-state index contributed by atoms with van der Waals surface area (Å²) in [6, 6.07) is 3.83. The van der Waals surface area contributed by atoms with E-state index < -0.39 is 32.6 Å². The molecule has 0 amide bonds. The highest BCUT2D eigenvalue weighted by atomic mass is 35.5. The summed E-state index contributed by atoms with van der Waals surface area (Å²) in [6.07, 6.45) is 0. The van der Waals surface area contributed by atoms with Crippen LogP contribution in [0.15, 0.2) is 23.1 Å². The predicted octanol–water partition coefficient (Wildman–Crippen LogP) is 1.52. The molecule has 11 nitrogen and oxygen atoms in total. The lowest BCUT2D eigenvalue weighted by molar-refractivity contribution is 0.284. The van der Waals surface area contributed by atoms with Gasteiger partial charge in [0.05, 0.1) is 30.1 Å². The lowest BCUT2D eigenvalue weighted by atomic mass is 10.3. The van der Waals surface area contributed by atoms with Crippen molar-refractivity contribution in [3.05, 3.63) is 28.8 Å². The van der Waals surface area contributed by atoms with Crippen LogP contribution in [-0.4, -0.2) is 55.8 Å². The lowest BCUT2D eigenvalue weighted by Crippen LogP contribution is -2.15. The smallest absolute Gasteiger partial charge is 0.397 e. The second-order valence-electron chi connectivity index (χ2n) is 4.75. The highest BCUT2D eigenvalue weighted by molar-refractivity contribution is 7.91. The number of benzene rings is 1. The number of halogens is 2. The van der Waals surface area contributed by atoms with Crippen LogP contribution in [0.4, 0.5) is 11.6 Å². The number of nitrogens with zero attached hydrogens (tertiary/aromatic N) is 3. The fourth-order valence-electron chi connectivity index (χ4n) is 1.85. The Morgan fingerprint density at radius 1 is 1.11 bits per heavy atom. The van der Waals surface area contributed by atoms with E-state index in [1.54, 1.807) is 0 Å². The average Bonchev–Trinajstić information content (AvgIpc) is 2.52. The average molecular weight is 459 g/mol. The molecule has 1 aromatic heterocycles.